The zero-order valence-electron chi connectivity index (χ0n) is 38.1. The van der Waals surface area contributed by atoms with Crippen molar-refractivity contribution in [2.75, 3.05) is 0 Å². The number of benzene rings is 11. The average Bonchev–Trinajstić information content (AvgIpc) is 3.92. The van der Waals surface area contributed by atoms with Crippen LogP contribution in [0.25, 0.3) is 93.9 Å². The molecule has 0 aliphatic heterocycles. The van der Waals surface area contributed by atoms with Gasteiger partial charge in [-0.15, -0.1) is 0 Å². The highest BCUT2D eigenvalue weighted by Gasteiger charge is 2.53. The van der Waals surface area contributed by atoms with E-state index in [0.29, 0.717) is 0 Å². The lowest BCUT2D eigenvalue weighted by Crippen LogP contribution is -2.35. The zero-order valence-corrected chi connectivity index (χ0v) is 38.1. The predicted molar refractivity (Wildman–Crippen MR) is 290 cm³/mol. The Labute approximate surface area is 403 Å². The van der Waals surface area contributed by atoms with Gasteiger partial charge in [-0.2, -0.15) is 0 Å². The summed E-state index contributed by atoms with van der Waals surface area (Å²) in [7, 11) is 0. The van der Waals surface area contributed by atoms with Gasteiger partial charge in [0.15, 0.2) is 0 Å². The molecule has 0 amide bonds. The van der Waals surface area contributed by atoms with Crippen LogP contribution in [0.5, 0.6) is 0 Å². The molecule has 0 N–H and O–H groups in total. The topological polar surface area (TPSA) is 0 Å². The highest BCUT2D eigenvalue weighted by molar-refractivity contribution is 6.29. The van der Waals surface area contributed by atoms with Gasteiger partial charge in [0.2, 0.25) is 0 Å². The Kier molecular flexibility index (Phi) is 9.04. The van der Waals surface area contributed by atoms with Gasteiger partial charge in [0.05, 0.1) is 5.41 Å². The molecule has 0 fully saturated rings. The van der Waals surface area contributed by atoms with E-state index in [9.17, 15) is 0 Å². The molecular formula is C69H46. The summed E-state index contributed by atoms with van der Waals surface area (Å²) in [5.74, 6) is 0.402. The Hall–Kier alpha value is -8.58. The number of hydrogen-bond acceptors (Lipinski definition) is 0. The van der Waals surface area contributed by atoms with Crippen molar-refractivity contribution >= 4 is 27.1 Å². The molecule has 322 valence electrons. The third-order valence-corrected chi connectivity index (χ3v) is 15.6. The maximum Gasteiger partial charge on any atom is 0.0525 e. The van der Waals surface area contributed by atoms with Crippen molar-refractivity contribution in [3.8, 4) is 66.8 Å². The molecule has 0 saturated carbocycles. The molecule has 11 aromatic carbocycles. The lowest BCUT2D eigenvalue weighted by atomic mass is 9.63. The minimum Gasteiger partial charge on any atom is -0.0783 e. The van der Waals surface area contributed by atoms with Gasteiger partial charge in [0.25, 0.3) is 0 Å². The average molecular weight is 875 g/mol. The lowest BCUT2D eigenvalue weighted by molar-refractivity contribution is 0.457. The van der Waals surface area contributed by atoms with Crippen molar-refractivity contribution in [1.29, 1.82) is 0 Å². The second kappa shape index (κ2) is 15.8. The molecule has 0 aromatic heterocycles. The fourth-order valence-corrected chi connectivity index (χ4v) is 12.8. The molecule has 3 aliphatic carbocycles. The Morgan fingerprint density at radius 2 is 0.768 bits per heavy atom. The summed E-state index contributed by atoms with van der Waals surface area (Å²) in [6, 6.07) is 92.7. The van der Waals surface area contributed by atoms with Crippen molar-refractivity contribution < 1.29 is 0 Å². The first kappa shape index (κ1) is 39.6. The highest BCUT2D eigenvalue weighted by Crippen LogP contribution is 2.62. The molecule has 3 aliphatic rings. The Balaban J connectivity index is 1.03. The molecule has 2 unspecified atom stereocenters. The third-order valence-electron chi connectivity index (χ3n) is 15.6. The molecule has 69 heavy (non-hydrogen) atoms. The number of fused-ring (bicyclic) bond motifs is 7. The lowest BCUT2D eigenvalue weighted by Gasteiger charge is -2.39. The van der Waals surface area contributed by atoms with Crippen LogP contribution in [0, 0.1) is 5.92 Å². The van der Waals surface area contributed by atoms with E-state index in [1.165, 1.54) is 122 Å². The van der Waals surface area contributed by atoms with Gasteiger partial charge in [-0.1, -0.05) is 255 Å². The normalized spacial score (nSPS) is 16.0. The standard InChI is InChI=1S/C69H46/c1-7-22-45(23-8-1)57-43-60-61(44-58(57)46-24-9-2-10-25-46)65(48-28-13-4-14-29-48)68-56-40-39-52(54-35-21-36-55(66(54)56)67(68)64(60)47-26-11-3-12-27-47)49-38-41-63-59(42-49)53-34-19-20-37-62(53)69(63,50-30-15-5-16-31-50)51-32-17-6-18-33-51/h1-44,59,63H. The highest BCUT2D eigenvalue weighted by atomic mass is 14.5. The van der Waals surface area contributed by atoms with Crippen LogP contribution >= 0.6 is 0 Å². The summed E-state index contributed by atoms with van der Waals surface area (Å²) in [6.07, 6.45) is 7.58. The van der Waals surface area contributed by atoms with Crippen molar-refractivity contribution in [1.82, 2.24) is 0 Å². The molecule has 0 radical (unpaired) electrons. The van der Waals surface area contributed by atoms with Crippen LogP contribution < -0.4 is 0 Å². The second-order valence-corrected chi connectivity index (χ2v) is 19.0. The van der Waals surface area contributed by atoms with E-state index in [1.54, 1.807) is 0 Å². The number of allylic oxidation sites excluding steroid dienone is 4. The summed E-state index contributed by atoms with van der Waals surface area (Å²) < 4.78 is 0. The Bertz CT molecular complexity index is 3670. The largest absolute Gasteiger partial charge is 0.0783 e. The van der Waals surface area contributed by atoms with Crippen LogP contribution in [-0.2, 0) is 5.41 Å². The third kappa shape index (κ3) is 5.89. The van der Waals surface area contributed by atoms with Gasteiger partial charge in [0, 0.05) is 11.8 Å². The summed E-state index contributed by atoms with van der Waals surface area (Å²) in [4.78, 5) is 0. The molecule has 0 nitrogen and oxygen atoms in total. The molecule has 0 spiro atoms. The first-order chi connectivity index (χ1) is 34.3. The quantitative estimate of drug-likeness (QED) is 0.150. The summed E-state index contributed by atoms with van der Waals surface area (Å²) in [5, 5.41) is 5.13. The molecule has 0 heteroatoms. The minimum atomic E-state index is -0.323. The maximum atomic E-state index is 2.60. The molecule has 14 rings (SSSR count). The minimum absolute atomic E-state index is 0.194. The molecule has 0 heterocycles. The van der Waals surface area contributed by atoms with Crippen LogP contribution in [0.3, 0.4) is 0 Å². The van der Waals surface area contributed by atoms with Crippen LogP contribution in [0.4, 0.5) is 0 Å². The van der Waals surface area contributed by atoms with Gasteiger partial charge < -0.3 is 0 Å². The zero-order chi connectivity index (χ0) is 45.5. The summed E-state index contributed by atoms with van der Waals surface area (Å²) in [6.45, 7) is 0. The predicted octanol–water partition coefficient (Wildman–Crippen LogP) is 18.0. The molecule has 0 saturated heterocycles. The van der Waals surface area contributed by atoms with Crippen LogP contribution in [0.15, 0.2) is 267 Å². The first-order valence-corrected chi connectivity index (χ1v) is 24.3. The van der Waals surface area contributed by atoms with Gasteiger partial charge in [-0.05, 0) is 134 Å². The van der Waals surface area contributed by atoms with E-state index in [1.807, 2.05) is 0 Å². The molecule has 0 bridgehead atoms. The Morgan fingerprint density at radius 1 is 0.319 bits per heavy atom. The molecule has 2 atom stereocenters. The second-order valence-electron chi connectivity index (χ2n) is 19.0. The van der Waals surface area contributed by atoms with E-state index < -0.39 is 0 Å². The molecule has 11 aromatic rings. The van der Waals surface area contributed by atoms with E-state index in [4.69, 9.17) is 0 Å². The number of rotatable bonds is 7. The SMILES string of the molecule is C1=CC2C(C=C1c1ccc3c4c(cccc14)-c1c-3c(-c3ccccc3)c3cc(-c4ccccc4)c(-c4ccccc4)cc3c1-c1ccccc1)c1ccccc1C2(c1ccccc1)c1ccccc1. The summed E-state index contributed by atoms with van der Waals surface area (Å²) >= 11 is 0. The number of hydrogen-bond donors (Lipinski definition) is 0. The van der Waals surface area contributed by atoms with E-state index in [-0.39, 0.29) is 17.3 Å². The van der Waals surface area contributed by atoms with Crippen molar-refractivity contribution in [3.05, 3.63) is 295 Å². The van der Waals surface area contributed by atoms with E-state index in [2.05, 4.69) is 267 Å². The van der Waals surface area contributed by atoms with Crippen LogP contribution in [0.2, 0.25) is 0 Å². The first-order valence-electron chi connectivity index (χ1n) is 24.3. The van der Waals surface area contributed by atoms with Crippen LogP contribution in [-0.4, -0.2) is 0 Å². The van der Waals surface area contributed by atoms with Gasteiger partial charge in [-0.3, -0.25) is 0 Å². The maximum absolute atomic E-state index is 2.60. The fraction of sp³-hybridized carbons (Fsp3) is 0.0435. The van der Waals surface area contributed by atoms with Gasteiger partial charge >= 0.3 is 0 Å². The fourth-order valence-electron chi connectivity index (χ4n) is 12.8. The Morgan fingerprint density at radius 3 is 1.30 bits per heavy atom. The van der Waals surface area contributed by atoms with Crippen molar-refractivity contribution in [3.63, 3.8) is 0 Å². The van der Waals surface area contributed by atoms with Crippen LogP contribution in [0.1, 0.15) is 33.7 Å². The monoisotopic (exact) mass is 874 g/mol. The molecular weight excluding hydrogens is 829 g/mol. The van der Waals surface area contributed by atoms with E-state index >= 15 is 0 Å². The van der Waals surface area contributed by atoms with Gasteiger partial charge in [0.1, 0.15) is 0 Å². The van der Waals surface area contributed by atoms with Crippen molar-refractivity contribution in [2.24, 2.45) is 5.92 Å². The summed E-state index contributed by atoms with van der Waals surface area (Å²) in [5.41, 5.74) is 22.8. The van der Waals surface area contributed by atoms with Gasteiger partial charge in [-0.25, -0.2) is 0 Å². The van der Waals surface area contributed by atoms with Crippen molar-refractivity contribution in [2.45, 2.75) is 11.3 Å². The smallest absolute Gasteiger partial charge is 0.0525 e. The van der Waals surface area contributed by atoms with E-state index in [0.717, 1.165) is 0 Å².